The number of nitrogens with zero attached hydrogens (tertiary/aromatic N) is 1. The molecule has 1 heterocycles. The molecule has 0 aromatic carbocycles. The Morgan fingerprint density at radius 3 is 1.82 bits per heavy atom. The van der Waals surface area contributed by atoms with Crippen LogP contribution in [0.2, 0.25) is 0 Å². The number of hydrogen-bond acceptors (Lipinski definition) is 1. The fourth-order valence-electron chi connectivity index (χ4n) is 2.31. The van der Waals surface area contributed by atoms with Gasteiger partial charge < -0.3 is 0 Å². The third-order valence-corrected chi connectivity index (χ3v) is 3.09. The van der Waals surface area contributed by atoms with E-state index in [9.17, 15) is 0 Å². The zero-order valence-corrected chi connectivity index (χ0v) is 12.7. The van der Waals surface area contributed by atoms with E-state index in [2.05, 4.69) is 66.4 Å². The maximum atomic E-state index is 4.65. The molecular weight excluding hydrogens is 206 g/mol. The van der Waals surface area contributed by atoms with Crippen LogP contribution in [0.1, 0.15) is 78.1 Å². The summed E-state index contributed by atoms with van der Waals surface area (Å²) in [5.41, 5.74) is 4.42. The van der Waals surface area contributed by atoms with Crippen molar-refractivity contribution in [3.05, 3.63) is 29.1 Å². The molecular formula is C16H27N. The summed E-state index contributed by atoms with van der Waals surface area (Å²) in [6.07, 6.45) is 1.97. The molecule has 0 fully saturated rings. The van der Waals surface area contributed by atoms with Crippen LogP contribution < -0.4 is 0 Å². The lowest BCUT2D eigenvalue weighted by atomic mass is 9.76. The van der Waals surface area contributed by atoms with Gasteiger partial charge in [-0.2, -0.15) is 0 Å². The fourth-order valence-corrected chi connectivity index (χ4v) is 2.31. The maximum Gasteiger partial charge on any atom is 0.0494 e. The van der Waals surface area contributed by atoms with Crippen LogP contribution >= 0.6 is 0 Å². The quantitative estimate of drug-likeness (QED) is 0.679. The smallest absolute Gasteiger partial charge is 0.0494 e. The Morgan fingerprint density at radius 1 is 0.941 bits per heavy atom. The van der Waals surface area contributed by atoms with E-state index in [0.717, 1.165) is 0 Å². The van der Waals surface area contributed by atoms with Gasteiger partial charge in [0.25, 0.3) is 0 Å². The van der Waals surface area contributed by atoms with Crippen molar-refractivity contribution < 1.29 is 0 Å². The van der Waals surface area contributed by atoms with Crippen LogP contribution in [0.4, 0.5) is 0 Å². The average molecular weight is 233 g/mol. The Hall–Kier alpha value is -0.850. The van der Waals surface area contributed by atoms with Gasteiger partial charge in [0.1, 0.15) is 0 Å². The second kappa shape index (κ2) is 4.44. The maximum absolute atomic E-state index is 4.65. The van der Waals surface area contributed by atoms with Crippen LogP contribution in [0.3, 0.4) is 0 Å². The normalized spacial score (nSPS) is 13.2. The van der Waals surface area contributed by atoms with Gasteiger partial charge in [-0.3, -0.25) is 4.98 Å². The van der Waals surface area contributed by atoms with E-state index in [4.69, 9.17) is 0 Å². The summed E-state index contributed by atoms with van der Waals surface area (Å²) >= 11 is 0. The Bertz CT molecular complexity index is 357. The monoisotopic (exact) mass is 233 g/mol. The van der Waals surface area contributed by atoms with Gasteiger partial charge in [-0.15, -0.1) is 0 Å². The van der Waals surface area contributed by atoms with E-state index in [1.807, 2.05) is 6.20 Å². The number of rotatable bonds is 1. The molecule has 0 spiro atoms. The minimum atomic E-state index is 0.112. The summed E-state index contributed by atoms with van der Waals surface area (Å²) in [6, 6.07) is 2.19. The SMILES string of the molecule is CC(C)c1c(C(C)(C)C)ccnc1C(C)(C)C. The average Bonchev–Trinajstić information content (AvgIpc) is 2.13. The highest BCUT2D eigenvalue weighted by Crippen LogP contribution is 2.36. The molecule has 1 aromatic heterocycles. The van der Waals surface area contributed by atoms with Crippen molar-refractivity contribution in [3.63, 3.8) is 0 Å². The zero-order chi connectivity index (χ0) is 13.4. The Labute approximate surface area is 107 Å². The minimum Gasteiger partial charge on any atom is -0.260 e. The van der Waals surface area contributed by atoms with Crippen molar-refractivity contribution in [2.45, 2.75) is 72.1 Å². The van der Waals surface area contributed by atoms with E-state index in [0.29, 0.717) is 5.92 Å². The molecule has 96 valence electrons. The van der Waals surface area contributed by atoms with E-state index in [1.165, 1.54) is 16.8 Å². The highest BCUT2D eigenvalue weighted by Gasteiger charge is 2.27. The van der Waals surface area contributed by atoms with E-state index < -0.39 is 0 Å². The molecule has 1 rings (SSSR count). The van der Waals surface area contributed by atoms with Crippen molar-refractivity contribution in [3.8, 4) is 0 Å². The van der Waals surface area contributed by atoms with Gasteiger partial charge in [-0.25, -0.2) is 0 Å². The first-order valence-electron chi connectivity index (χ1n) is 6.55. The topological polar surface area (TPSA) is 12.9 Å². The first-order valence-corrected chi connectivity index (χ1v) is 6.55. The lowest BCUT2D eigenvalue weighted by Gasteiger charge is -2.30. The minimum absolute atomic E-state index is 0.112. The summed E-state index contributed by atoms with van der Waals surface area (Å²) < 4.78 is 0. The molecule has 0 radical (unpaired) electrons. The first kappa shape index (κ1) is 14.2. The largest absolute Gasteiger partial charge is 0.260 e. The van der Waals surface area contributed by atoms with E-state index in [-0.39, 0.29) is 10.8 Å². The molecule has 0 bridgehead atoms. The molecule has 0 saturated carbocycles. The highest BCUT2D eigenvalue weighted by atomic mass is 14.7. The molecule has 0 saturated heterocycles. The molecule has 0 amide bonds. The summed E-state index contributed by atoms with van der Waals surface area (Å²) in [5.74, 6) is 0.521. The molecule has 0 aliphatic heterocycles. The molecule has 17 heavy (non-hydrogen) atoms. The predicted molar refractivity (Wildman–Crippen MR) is 75.7 cm³/mol. The Balaban J connectivity index is 3.55. The van der Waals surface area contributed by atoms with Gasteiger partial charge in [0, 0.05) is 17.3 Å². The van der Waals surface area contributed by atoms with Crippen molar-refractivity contribution in [1.82, 2.24) is 4.98 Å². The van der Waals surface area contributed by atoms with Gasteiger partial charge in [0.2, 0.25) is 0 Å². The number of aromatic nitrogens is 1. The van der Waals surface area contributed by atoms with E-state index >= 15 is 0 Å². The van der Waals surface area contributed by atoms with Gasteiger partial charge in [-0.05, 0) is 28.5 Å². The van der Waals surface area contributed by atoms with Gasteiger partial charge in [0.15, 0.2) is 0 Å². The first-order chi connectivity index (χ1) is 7.55. The third-order valence-electron chi connectivity index (χ3n) is 3.09. The molecule has 1 nitrogen and oxygen atoms in total. The summed E-state index contributed by atoms with van der Waals surface area (Å²) in [7, 11) is 0. The summed E-state index contributed by atoms with van der Waals surface area (Å²) in [6.45, 7) is 18.1. The van der Waals surface area contributed by atoms with Crippen molar-refractivity contribution in [1.29, 1.82) is 0 Å². The Kier molecular flexibility index (Phi) is 3.71. The van der Waals surface area contributed by atoms with E-state index in [1.54, 1.807) is 0 Å². The van der Waals surface area contributed by atoms with Gasteiger partial charge in [0.05, 0.1) is 0 Å². The molecule has 0 aliphatic rings. The van der Waals surface area contributed by atoms with Crippen molar-refractivity contribution in [2.75, 3.05) is 0 Å². The second-order valence-electron chi connectivity index (χ2n) is 7.28. The summed E-state index contributed by atoms with van der Waals surface area (Å²) in [5, 5.41) is 0. The second-order valence-corrected chi connectivity index (χ2v) is 7.28. The van der Waals surface area contributed by atoms with Crippen molar-refractivity contribution in [2.24, 2.45) is 0 Å². The van der Waals surface area contributed by atoms with Crippen LogP contribution in [0.15, 0.2) is 12.3 Å². The molecule has 1 heteroatoms. The lowest BCUT2D eigenvalue weighted by Crippen LogP contribution is -2.23. The molecule has 1 aromatic rings. The highest BCUT2D eigenvalue weighted by molar-refractivity contribution is 5.40. The standard InChI is InChI=1S/C16H27N/c1-11(2)13-12(15(3,4)5)9-10-17-14(13)16(6,7)8/h9-11H,1-8H3. The van der Waals surface area contributed by atoms with Crippen molar-refractivity contribution >= 4 is 0 Å². The summed E-state index contributed by atoms with van der Waals surface area (Å²) in [4.78, 5) is 4.65. The fraction of sp³-hybridized carbons (Fsp3) is 0.688. The molecule has 0 N–H and O–H groups in total. The number of pyridine rings is 1. The van der Waals surface area contributed by atoms with Gasteiger partial charge >= 0.3 is 0 Å². The van der Waals surface area contributed by atoms with Crippen LogP contribution in [-0.2, 0) is 10.8 Å². The van der Waals surface area contributed by atoms with Crippen LogP contribution in [0.5, 0.6) is 0 Å². The molecule has 0 unspecified atom stereocenters. The molecule has 0 aliphatic carbocycles. The third kappa shape index (κ3) is 3.08. The number of hydrogen-bond donors (Lipinski definition) is 0. The molecule has 0 atom stereocenters. The van der Waals surface area contributed by atoms with Crippen LogP contribution in [0, 0.1) is 0 Å². The lowest BCUT2D eigenvalue weighted by molar-refractivity contribution is 0.530. The van der Waals surface area contributed by atoms with Crippen LogP contribution in [0.25, 0.3) is 0 Å². The predicted octanol–water partition coefficient (Wildman–Crippen LogP) is 4.80. The van der Waals surface area contributed by atoms with Crippen LogP contribution in [-0.4, -0.2) is 4.98 Å². The zero-order valence-electron chi connectivity index (χ0n) is 12.7. The van der Waals surface area contributed by atoms with Gasteiger partial charge in [-0.1, -0.05) is 55.4 Å². The Morgan fingerprint density at radius 2 is 1.47 bits per heavy atom.